The molecule has 10 heteroatoms. The number of benzene rings is 1. The maximum Gasteiger partial charge on any atom is 0.573 e. The average Bonchev–Trinajstić information content (AvgIpc) is 2.96. The molecule has 0 N–H and O–H groups in total. The third-order valence-electron chi connectivity index (χ3n) is 4.24. The van der Waals surface area contributed by atoms with E-state index in [0.717, 1.165) is 24.2 Å². The quantitative estimate of drug-likeness (QED) is 0.680. The number of hydrogen-bond acceptors (Lipinski definition) is 6. The van der Waals surface area contributed by atoms with E-state index in [2.05, 4.69) is 14.8 Å². The summed E-state index contributed by atoms with van der Waals surface area (Å²) in [5.74, 6) is -0.214. The van der Waals surface area contributed by atoms with Crippen LogP contribution in [-0.4, -0.2) is 27.5 Å². The molecular formula is C17H15F3N4O2S. The second-order valence-electron chi connectivity index (χ2n) is 6.29. The van der Waals surface area contributed by atoms with Crippen LogP contribution in [0.4, 0.5) is 18.9 Å². The number of hydrogen-bond donors (Lipinski definition) is 0. The van der Waals surface area contributed by atoms with Gasteiger partial charge in [-0.15, -0.1) is 13.2 Å². The number of halogens is 3. The van der Waals surface area contributed by atoms with Crippen LogP contribution in [0, 0.1) is 6.92 Å². The summed E-state index contributed by atoms with van der Waals surface area (Å²) in [6.45, 7) is 2.96. The predicted octanol–water partition coefficient (Wildman–Crippen LogP) is 3.31. The lowest BCUT2D eigenvalue weighted by Crippen LogP contribution is -2.29. The van der Waals surface area contributed by atoms with Crippen LogP contribution in [0.5, 0.6) is 5.75 Å². The number of fused-ring (bicyclic) bond motifs is 2. The largest absolute Gasteiger partial charge is 0.573 e. The van der Waals surface area contributed by atoms with Gasteiger partial charge in [0.25, 0.3) is 5.56 Å². The van der Waals surface area contributed by atoms with Crippen LogP contribution in [0.1, 0.15) is 22.7 Å². The fourth-order valence-electron chi connectivity index (χ4n) is 3.20. The molecule has 27 heavy (non-hydrogen) atoms. The minimum Gasteiger partial charge on any atom is -0.406 e. The van der Waals surface area contributed by atoms with Gasteiger partial charge < -0.3 is 9.64 Å². The minimum atomic E-state index is -4.71. The smallest absolute Gasteiger partial charge is 0.406 e. The lowest BCUT2D eigenvalue weighted by Gasteiger charge is -2.30. The Kier molecular flexibility index (Phi) is 4.29. The normalized spacial score (nSPS) is 14.4. The molecule has 2 aromatic heterocycles. The van der Waals surface area contributed by atoms with Crippen LogP contribution in [-0.2, 0) is 13.0 Å². The minimum absolute atomic E-state index is 0.214. The molecule has 1 aliphatic heterocycles. The monoisotopic (exact) mass is 396 g/mol. The molecule has 4 rings (SSSR count). The first-order chi connectivity index (χ1) is 12.8. The van der Waals surface area contributed by atoms with Crippen molar-refractivity contribution in [3.63, 3.8) is 0 Å². The molecule has 0 fully saturated rings. The van der Waals surface area contributed by atoms with Gasteiger partial charge in [-0.2, -0.15) is 9.61 Å². The van der Waals surface area contributed by atoms with Gasteiger partial charge in [-0.1, -0.05) is 11.3 Å². The standard InChI is InChI=1S/C17H15F3N4O2S/c1-10-7-15(25)24-16(21-10)27-14(22-24)9-23-6-2-3-11-8-12(4-5-13(11)23)26-17(18,19)20/h4-5,7-8H,2-3,6,9H2,1H3. The summed E-state index contributed by atoms with van der Waals surface area (Å²) in [4.78, 5) is 18.9. The van der Waals surface area contributed by atoms with Gasteiger partial charge in [0.05, 0.1) is 6.54 Å². The Morgan fingerprint density at radius 3 is 2.89 bits per heavy atom. The van der Waals surface area contributed by atoms with Crippen molar-refractivity contribution < 1.29 is 17.9 Å². The Balaban J connectivity index is 1.61. The third-order valence-corrected chi connectivity index (χ3v) is 5.13. The molecule has 0 atom stereocenters. The van der Waals surface area contributed by atoms with Gasteiger partial charge >= 0.3 is 6.36 Å². The fourth-order valence-corrected chi connectivity index (χ4v) is 4.16. The molecular weight excluding hydrogens is 381 g/mol. The molecule has 1 aromatic carbocycles. The number of aromatic nitrogens is 3. The van der Waals surface area contributed by atoms with E-state index in [9.17, 15) is 18.0 Å². The highest BCUT2D eigenvalue weighted by atomic mass is 32.1. The van der Waals surface area contributed by atoms with E-state index in [1.807, 2.05) is 4.90 Å². The molecule has 0 saturated carbocycles. The Morgan fingerprint density at radius 1 is 1.30 bits per heavy atom. The van der Waals surface area contributed by atoms with Gasteiger partial charge in [0.15, 0.2) is 0 Å². The van der Waals surface area contributed by atoms with E-state index in [1.54, 1.807) is 13.0 Å². The van der Waals surface area contributed by atoms with Crippen LogP contribution >= 0.6 is 11.3 Å². The fraction of sp³-hybridized carbons (Fsp3) is 0.353. The zero-order valence-corrected chi connectivity index (χ0v) is 15.1. The zero-order valence-electron chi connectivity index (χ0n) is 14.3. The van der Waals surface area contributed by atoms with Crippen LogP contribution in [0.25, 0.3) is 4.96 Å². The molecule has 0 saturated heterocycles. The van der Waals surface area contributed by atoms with E-state index >= 15 is 0 Å². The summed E-state index contributed by atoms with van der Waals surface area (Å²) >= 11 is 1.33. The molecule has 3 heterocycles. The molecule has 0 unspecified atom stereocenters. The van der Waals surface area contributed by atoms with Crippen LogP contribution < -0.4 is 15.2 Å². The van der Waals surface area contributed by atoms with Crippen molar-refractivity contribution in [1.29, 1.82) is 0 Å². The predicted molar refractivity (Wildman–Crippen MR) is 94.4 cm³/mol. The second kappa shape index (κ2) is 6.52. The summed E-state index contributed by atoms with van der Waals surface area (Å²) in [7, 11) is 0. The van der Waals surface area contributed by atoms with E-state index in [1.165, 1.54) is 34.1 Å². The maximum absolute atomic E-state index is 12.4. The van der Waals surface area contributed by atoms with E-state index in [0.29, 0.717) is 28.6 Å². The summed E-state index contributed by atoms with van der Waals surface area (Å²) in [6.07, 6.45) is -3.21. The highest BCUT2D eigenvalue weighted by Gasteiger charge is 2.31. The zero-order chi connectivity index (χ0) is 19.2. The molecule has 0 amide bonds. The number of ether oxygens (including phenoxy) is 1. The van der Waals surface area contributed by atoms with Crippen molar-refractivity contribution >= 4 is 22.0 Å². The van der Waals surface area contributed by atoms with Crippen molar-refractivity contribution in [3.05, 3.63) is 50.9 Å². The van der Waals surface area contributed by atoms with E-state index in [4.69, 9.17) is 0 Å². The molecule has 0 bridgehead atoms. The number of rotatable bonds is 3. The lowest BCUT2D eigenvalue weighted by atomic mass is 10.0. The SMILES string of the molecule is Cc1cc(=O)n2nc(CN3CCCc4cc(OC(F)(F)F)ccc43)sc2n1. The Bertz CT molecular complexity index is 1060. The number of nitrogens with zero attached hydrogens (tertiary/aromatic N) is 4. The lowest BCUT2D eigenvalue weighted by molar-refractivity contribution is -0.274. The van der Waals surface area contributed by atoms with E-state index in [-0.39, 0.29) is 11.3 Å². The maximum atomic E-state index is 12.4. The molecule has 0 radical (unpaired) electrons. The van der Waals surface area contributed by atoms with Gasteiger partial charge in [0.2, 0.25) is 4.96 Å². The summed E-state index contributed by atoms with van der Waals surface area (Å²) < 4.78 is 42.6. The van der Waals surface area contributed by atoms with Crippen molar-refractivity contribution in [2.45, 2.75) is 32.7 Å². The first-order valence-electron chi connectivity index (χ1n) is 8.28. The Labute approximate surface area is 155 Å². The van der Waals surface area contributed by atoms with E-state index < -0.39 is 6.36 Å². The highest BCUT2D eigenvalue weighted by molar-refractivity contribution is 7.16. The topological polar surface area (TPSA) is 59.7 Å². The molecule has 1 aliphatic rings. The number of anilines is 1. The second-order valence-corrected chi connectivity index (χ2v) is 7.33. The molecule has 0 aliphatic carbocycles. The first-order valence-corrected chi connectivity index (χ1v) is 9.10. The third kappa shape index (κ3) is 3.75. The van der Waals surface area contributed by atoms with Crippen molar-refractivity contribution in [1.82, 2.24) is 14.6 Å². The highest BCUT2D eigenvalue weighted by Crippen LogP contribution is 2.33. The van der Waals surface area contributed by atoms with Gasteiger partial charge in [0.1, 0.15) is 10.8 Å². The number of aryl methyl sites for hydroxylation is 2. The molecule has 6 nitrogen and oxygen atoms in total. The summed E-state index contributed by atoms with van der Waals surface area (Å²) in [6, 6.07) is 5.81. The Hall–Kier alpha value is -2.62. The van der Waals surface area contributed by atoms with Gasteiger partial charge in [-0.3, -0.25) is 4.79 Å². The molecule has 142 valence electrons. The van der Waals surface area contributed by atoms with Crippen LogP contribution in [0.2, 0.25) is 0 Å². The number of alkyl halides is 3. The first kappa shape index (κ1) is 17.8. The van der Waals surface area contributed by atoms with Crippen molar-refractivity contribution in [2.24, 2.45) is 0 Å². The molecule has 0 spiro atoms. The molecule has 3 aromatic rings. The summed E-state index contributed by atoms with van der Waals surface area (Å²) in [5.41, 5.74) is 2.06. The van der Waals surface area contributed by atoms with Gasteiger partial charge in [0, 0.05) is 24.0 Å². The van der Waals surface area contributed by atoms with Crippen LogP contribution in [0.3, 0.4) is 0 Å². The van der Waals surface area contributed by atoms with Crippen molar-refractivity contribution in [3.8, 4) is 5.75 Å². The van der Waals surface area contributed by atoms with Gasteiger partial charge in [-0.25, -0.2) is 4.98 Å². The van der Waals surface area contributed by atoms with Crippen molar-refractivity contribution in [2.75, 3.05) is 11.4 Å². The van der Waals surface area contributed by atoms with Gasteiger partial charge in [-0.05, 0) is 43.5 Å². The summed E-state index contributed by atoms with van der Waals surface area (Å²) in [5, 5.41) is 5.05. The van der Waals surface area contributed by atoms with Crippen LogP contribution in [0.15, 0.2) is 29.1 Å². The Morgan fingerprint density at radius 2 is 2.11 bits per heavy atom. The average molecular weight is 396 g/mol.